The third-order valence-corrected chi connectivity index (χ3v) is 1.78. The van der Waals surface area contributed by atoms with Crippen LogP contribution in [0, 0.1) is 6.92 Å². The van der Waals surface area contributed by atoms with E-state index in [0.29, 0.717) is 6.54 Å². The molecule has 0 aliphatic carbocycles. The Labute approximate surface area is 52.4 Å². The summed E-state index contributed by atoms with van der Waals surface area (Å²) in [6.07, 6.45) is 0. The van der Waals surface area contributed by atoms with Gasteiger partial charge in [0.25, 0.3) is 0 Å². The number of nitrogens with one attached hydrogen (secondary N) is 1. The Morgan fingerprint density at radius 2 is 2.62 bits per heavy atom. The van der Waals surface area contributed by atoms with Gasteiger partial charge >= 0.3 is 0 Å². The first-order chi connectivity index (χ1) is 3.83. The molecule has 0 spiro atoms. The lowest BCUT2D eigenvalue weighted by atomic mass is 10.6. The van der Waals surface area contributed by atoms with Gasteiger partial charge in [-0.1, -0.05) is 0 Å². The van der Waals surface area contributed by atoms with E-state index in [0.717, 1.165) is 10.7 Å². The largest absolute Gasteiger partial charge is 0.251 e. The molecule has 2 nitrogen and oxygen atoms in total. The Morgan fingerprint density at radius 3 is 2.88 bits per heavy atom. The van der Waals surface area contributed by atoms with Crippen molar-refractivity contribution in [3.05, 3.63) is 16.1 Å². The van der Waals surface area contributed by atoms with Gasteiger partial charge in [-0.05, 0) is 6.92 Å². The van der Waals surface area contributed by atoms with E-state index in [4.69, 9.17) is 5.73 Å². The third kappa shape index (κ3) is 1.05. The molecule has 0 saturated heterocycles. The molecule has 1 aromatic heterocycles. The van der Waals surface area contributed by atoms with Gasteiger partial charge in [0, 0.05) is 11.1 Å². The van der Waals surface area contributed by atoms with Gasteiger partial charge in [0.1, 0.15) is 5.01 Å². The van der Waals surface area contributed by atoms with Crippen LogP contribution in [0.5, 0.6) is 0 Å². The Bertz CT molecular complexity index is 171. The fourth-order valence-electron chi connectivity index (χ4n) is 0.484. The lowest BCUT2D eigenvalue weighted by Crippen LogP contribution is -1.81. The van der Waals surface area contributed by atoms with E-state index in [1.807, 2.05) is 12.3 Å². The maximum absolute atomic E-state index is 6.90. The minimum atomic E-state index is 0.318. The molecule has 1 aromatic rings. The van der Waals surface area contributed by atoms with Crippen LogP contribution in [0.3, 0.4) is 0 Å². The van der Waals surface area contributed by atoms with E-state index < -0.39 is 0 Å². The van der Waals surface area contributed by atoms with Gasteiger partial charge in [0.05, 0.1) is 6.54 Å². The topological polar surface area (TPSA) is 36.7 Å². The van der Waals surface area contributed by atoms with Crippen molar-refractivity contribution < 1.29 is 0 Å². The average Bonchev–Trinajstić information content (AvgIpc) is 2.14. The molecule has 8 heavy (non-hydrogen) atoms. The molecule has 0 aliphatic rings. The summed E-state index contributed by atoms with van der Waals surface area (Å²) >= 11 is 1.55. The first-order valence-electron chi connectivity index (χ1n) is 2.38. The van der Waals surface area contributed by atoms with Crippen molar-refractivity contribution in [3.63, 3.8) is 0 Å². The molecule has 1 rings (SSSR count). The van der Waals surface area contributed by atoms with Crippen LogP contribution in [-0.4, -0.2) is 4.98 Å². The summed E-state index contributed by atoms with van der Waals surface area (Å²) in [4.78, 5) is 4.06. The number of nitrogens with zero attached hydrogens (tertiary/aromatic N) is 1. The molecular weight excluding hydrogens is 120 g/mol. The molecule has 0 atom stereocenters. The summed E-state index contributed by atoms with van der Waals surface area (Å²) in [6.45, 7) is 2.26. The minimum Gasteiger partial charge on any atom is -0.251 e. The number of hydrogen-bond donors (Lipinski definition) is 0. The van der Waals surface area contributed by atoms with Gasteiger partial charge in [0.15, 0.2) is 0 Å². The molecule has 1 heterocycles. The van der Waals surface area contributed by atoms with Gasteiger partial charge in [-0.2, -0.15) is 0 Å². The van der Waals surface area contributed by atoms with Crippen molar-refractivity contribution >= 4 is 11.3 Å². The van der Waals surface area contributed by atoms with Gasteiger partial charge in [-0.15, -0.1) is 11.3 Å². The van der Waals surface area contributed by atoms with E-state index in [2.05, 4.69) is 4.98 Å². The molecule has 0 bridgehead atoms. The van der Waals surface area contributed by atoms with E-state index >= 15 is 0 Å². The SMILES string of the molecule is Cc1csc(C[NH])n1. The van der Waals surface area contributed by atoms with Crippen LogP contribution < -0.4 is 5.73 Å². The molecule has 0 amide bonds. The monoisotopic (exact) mass is 127 g/mol. The van der Waals surface area contributed by atoms with Gasteiger partial charge in [-0.25, -0.2) is 4.98 Å². The summed E-state index contributed by atoms with van der Waals surface area (Å²) in [6, 6.07) is 0. The lowest BCUT2D eigenvalue weighted by molar-refractivity contribution is 0.988. The molecular formula is C5H7N2S. The van der Waals surface area contributed by atoms with Gasteiger partial charge < -0.3 is 0 Å². The highest BCUT2D eigenvalue weighted by Gasteiger charge is 1.91. The molecule has 0 aromatic carbocycles. The normalized spacial score (nSPS) is 9.75. The molecule has 0 unspecified atom stereocenters. The predicted octanol–water partition coefficient (Wildman–Crippen LogP) is 1.23. The molecule has 0 aliphatic heterocycles. The Morgan fingerprint density at radius 1 is 1.88 bits per heavy atom. The van der Waals surface area contributed by atoms with Crippen molar-refractivity contribution in [2.75, 3.05) is 0 Å². The van der Waals surface area contributed by atoms with Crippen LogP contribution in [0.15, 0.2) is 5.38 Å². The predicted molar refractivity (Wildman–Crippen MR) is 33.7 cm³/mol. The number of hydrogen-bond acceptors (Lipinski definition) is 2. The van der Waals surface area contributed by atoms with E-state index in [9.17, 15) is 0 Å². The minimum absolute atomic E-state index is 0.318. The van der Waals surface area contributed by atoms with Crippen LogP contribution >= 0.6 is 11.3 Å². The van der Waals surface area contributed by atoms with Crippen LogP contribution in [0.2, 0.25) is 0 Å². The first kappa shape index (κ1) is 5.72. The Balaban J connectivity index is 2.84. The van der Waals surface area contributed by atoms with Crippen LogP contribution in [-0.2, 0) is 6.54 Å². The van der Waals surface area contributed by atoms with E-state index in [1.165, 1.54) is 0 Å². The maximum atomic E-state index is 6.90. The number of rotatable bonds is 1. The molecule has 0 saturated carbocycles. The summed E-state index contributed by atoms with van der Waals surface area (Å²) in [7, 11) is 0. The second-order valence-corrected chi connectivity index (χ2v) is 2.50. The fourth-order valence-corrected chi connectivity index (χ4v) is 1.12. The summed E-state index contributed by atoms with van der Waals surface area (Å²) in [5.74, 6) is 0. The van der Waals surface area contributed by atoms with Crippen LogP contribution in [0.4, 0.5) is 0 Å². The number of thiazole rings is 1. The zero-order valence-corrected chi connectivity index (χ0v) is 5.46. The van der Waals surface area contributed by atoms with Crippen molar-refractivity contribution in [1.29, 1.82) is 0 Å². The lowest BCUT2D eigenvalue weighted by Gasteiger charge is -1.79. The van der Waals surface area contributed by atoms with Crippen molar-refractivity contribution in [3.8, 4) is 0 Å². The molecule has 1 radical (unpaired) electrons. The highest BCUT2D eigenvalue weighted by molar-refractivity contribution is 7.09. The zero-order chi connectivity index (χ0) is 5.98. The average molecular weight is 127 g/mol. The van der Waals surface area contributed by atoms with E-state index in [-0.39, 0.29) is 0 Å². The van der Waals surface area contributed by atoms with Crippen LogP contribution in [0.25, 0.3) is 0 Å². The summed E-state index contributed by atoms with van der Waals surface area (Å²) in [5, 5.41) is 2.87. The van der Waals surface area contributed by atoms with Crippen molar-refractivity contribution in [1.82, 2.24) is 10.7 Å². The van der Waals surface area contributed by atoms with Gasteiger partial charge in [0.2, 0.25) is 0 Å². The van der Waals surface area contributed by atoms with Gasteiger partial charge in [-0.3, -0.25) is 5.73 Å². The maximum Gasteiger partial charge on any atom is 0.108 e. The van der Waals surface area contributed by atoms with Crippen molar-refractivity contribution in [2.45, 2.75) is 13.5 Å². The summed E-state index contributed by atoms with van der Waals surface area (Å²) in [5.41, 5.74) is 7.93. The zero-order valence-electron chi connectivity index (χ0n) is 4.64. The first-order valence-corrected chi connectivity index (χ1v) is 3.26. The third-order valence-electron chi connectivity index (χ3n) is 0.818. The highest BCUT2D eigenvalue weighted by Crippen LogP contribution is 2.06. The second kappa shape index (κ2) is 2.24. The highest BCUT2D eigenvalue weighted by atomic mass is 32.1. The van der Waals surface area contributed by atoms with Crippen molar-refractivity contribution in [2.24, 2.45) is 0 Å². The van der Waals surface area contributed by atoms with E-state index in [1.54, 1.807) is 11.3 Å². The molecule has 0 fully saturated rings. The van der Waals surface area contributed by atoms with Crippen LogP contribution in [0.1, 0.15) is 10.7 Å². The smallest absolute Gasteiger partial charge is 0.108 e. The fraction of sp³-hybridized carbons (Fsp3) is 0.400. The standard InChI is InChI=1S/C5H7N2S/c1-4-3-8-5(2-6)7-4/h3,6H,2H2,1H3. The molecule has 1 N–H and O–H groups in total. The second-order valence-electron chi connectivity index (χ2n) is 1.56. The molecule has 3 heteroatoms. The summed E-state index contributed by atoms with van der Waals surface area (Å²) < 4.78 is 0. The Kier molecular flexibility index (Phi) is 1.60. The number of aromatic nitrogens is 1. The quantitative estimate of drug-likeness (QED) is 0.559. The number of aryl methyl sites for hydroxylation is 1. The molecule has 43 valence electrons. The Hall–Kier alpha value is -0.410.